The number of halogens is 1. The molecule has 9 nitrogen and oxygen atoms in total. The third-order valence-corrected chi connectivity index (χ3v) is 8.83. The number of hydrogen-bond acceptors (Lipinski definition) is 6. The van der Waals surface area contributed by atoms with Gasteiger partial charge in [0.05, 0.1) is 12.2 Å². The predicted octanol–water partition coefficient (Wildman–Crippen LogP) is 3.28. The lowest BCUT2D eigenvalue weighted by molar-refractivity contribution is -0.163. The standard InChI is InChI=1S/C30H46N4O5.ClH/c1-3-4-18-34-27(36)25(22-29(38)13-6-5-7-14-29)32-28(37)30(34)15-19-33(20-16-30)17-8-21-39-24-11-9-23(10-12-24)26(35)31-2;/h9-12,25,38H,3-8,13-22H2,1-2H3,(H,31,35)(H,32,37);1H/t25-;/m1./s1. The van der Waals surface area contributed by atoms with Crippen molar-refractivity contribution in [2.75, 3.05) is 39.8 Å². The Morgan fingerprint density at radius 2 is 1.73 bits per heavy atom. The minimum absolute atomic E-state index is 0. The van der Waals surface area contributed by atoms with Crippen molar-refractivity contribution in [3.05, 3.63) is 29.8 Å². The van der Waals surface area contributed by atoms with Crippen LogP contribution in [-0.2, 0) is 9.59 Å². The molecule has 3 aliphatic rings. The normalized spacial score (nSPS) is 22.4. The molecule has 10 heteroatoms. The fourth-order valence-electron chi connectivity index (χ4n) is 6.42. The number of piperazine rings is 1. The number of benzene rings is 1. The summed E-state index contributed by atoms with van der Waals surface area (Å²) in [7, 11) is 1.61. The molecule has 1 atom stereocenters. The molecule has 1 spiro atoms. The van der Waals surface area contributed by atoms with Crippen LogP contribution in [0.15, 0.2) is 24.3 Å². The second-order valence-electron chi connectivity index (χ2n) is 11.5. The average Bonchev–Trinajstić information content (AvgIpc) is 2.95. The number of unbranched alkanes of at least 4 members (excludes halogenated alkanes) is 1. The third kappa shape index (κ3) is 7.47. The molecule has 2 aliphatic heterocycles. The summed E-state index contributed by atoms with van der Waals surface area (Å²) in [5, 5.41) is 16.7. The van der Waals surface area contributed by atoms with Crippen molar-refractivity contribution in [2.24, 2.45) is 0 Å². The van der Waals surface area contributed by atoms with E-state index in [2.05, 4.69) is 22.5 Å². The van der Waals surface area contributed by atoms with E-state index < -0.39 is 17.2 Å². The van der Waals surface area contributed by atoms with Gasteiger partial charge in [0.25, 0.3) is 5.91 Å². The van der Waals surface area contributed by atoms with Crippen molar-refractivity contribution in [3.8, 4) is 5.75 Å². The number of rotatable bonds is 11. The second kappa shape index (κ2) is 14.5. The number of likely N-dealkylation sites (tertiary alicyclic amines) is 1. The van der Waals surface area contributed by atoms with Gasteiger partial charge in [0.1, 0.15) is 17.3 Å². The lowest BCUT2D eigenvalue weighted by atomic mass is 9.77. The molecule has 40 heavy (non-hydrogen) atoms. The van der Waals surface area contributed by atoms with Crippen molar-refractivity contribution in [1.29, 1.82) is 0 Å². The van der Waals surface area contributed by atoms with E-state index in [0.29, 0.717) is 50.8 Å². The van der Waals surface area contributed by atoms with E-state index in [4.69, 9.17) is 4.74 Å². The molecule has 0 aromatic heterocycles. The maximum Gasteiger partial charge on any atom is 0.251 e. The molecule has 2 saturated heterocycles. The second-order valence-corrected chi connectivity index (χ2v) is 11.5. The van der Waals surface area contributed by atoms with E-state index in [-0.39, 0.29) is 30.1 Å². The zero-order valence-electron chi connectivity index (χ0n) is 24.1. The highest BCUT2D eigenvalue weighted by atomic mass is 35.5. The van der Waals surface area contributed by atoms with Crippen molar-refractivity contribution in [2.45, 2.75) is 94.7 Å². The number of amides is 3. The molecule has 0 bridgehead atoms. The first-order valence-electron chi connectivity index (χ1n) is 14.8. The van der Waals surface area contributed by atoms with Gasteiger partial charge in [-0.1, -0.05) is 32.6 Å². The van der Waals surface area contributed by atoms with Crippen LogP contribution in [-0.4, -0.2) is 89.6 Å². The van der Waals surface area contributed by atoms with Crippen LogP contribution in [0, 0.1) is 0 Å². The summed E-state index contributed by atoms with van der Waals surface area (Å²) in [6, 6.07) is 6.47. The van der Waals surface area contributed by atoms with Gasteiger partial charge in [0.2, 0.25) is 11.8 Å². The highest BCUT2D eigenvalue weighted by Crippen LogP contribution is 2.37. The topological polar surface area (TPSA) is 111 Å². The number of aliphatic hydroxyl groups is 1. The average molecular weight is 579 g/mol. The molecular weight excluding hydrogens is 532 g/mol. The summed E-state index contributed by atoms with van der Waals surface area (Å²) in [6.07, 6.45) is 8.68. The summed E-state index contributed by atoms with van der Waals surface area (Å²) < 4.78 is 5.85. The maximum absolute atomic E-state index is 13.7. The van der Waals surface area contributed by atoms with Crippen LogP contribution in [0.4, 0.5) is 0 Å². The largest absolute Gasteiger partial charge is 0.494 e. The molecule has 1 aliphatic carbocycles. The van der Waals surface area contributed by atoms with Crippen molar-refractivity contribution < 1.29 is 24.2 Å². The molecule has 224 valence electrons. The summed E-state index contributed by atoms with van der Waals surface area (Å²) in [4.78, 5) is 43.2. The molecule has 3 amide bonds. The summed E-state index contributed by atoms with van der Waals surface area (Å²) >= 11 is 0. The number of hydrogen-bond donors (Lipinski definition) is 3. The van der Waals surface area contributed by atoms with Crippen LogP contribution in [0.3, 0.4) is 0 Å². The Morgan fingerprint density at radius 1 is 1.05 bits per heavy atom. The molecule has 2 heterocycles. The zero-order valence-corrected chi connectivity index (χ0v) is 24.9. The first kappa shape index (κ1) is 32.2. The molecule has 1 aromatic carbocycles. The highest BCUT2D eigenvalue weighted by molar-refractivity contribution is 6.00. The first-order chi connectivity index (χ1) is 18.8. The van der Waals surface area contributed by atoms with Crippen LogP contribution in [0.2, 0.25) is 0 Å². The van der Waals surface area contributed by atoms with Gasteiger partial charge in [-0.2, -0.15) is 0 Å². The minimum atomic E-state index is -0.857. The summed E-state index contributed by atoms with van der Waals surface area (Å²) in [5.74, 6) is 0.539. The Hall–Kier alpha value is -2.36. The number of piperidine rings is 1. The fraction of sp³-hybridized carbons (Fsp3) is 0.700. The molecular formula is C30H47ClN4O5. The number of nitrogens with zero attached hydrogens (tertiary/aromatic N) is 2. The number of nitrogens with one attached hydrogen (secondary N) is 2. The zero-order chi connectivity index (χ0) is 27.9. The van der Waals surface area contributed by atoms with E-state index in [1.165, 1.54) is 0 Å². The van der Waals surface area contributed by atoms with Gasteiger partial charge in [-0.25, -0.2) is 0 Å². The lowest BCUT2D eigenvalue weighted by Gasteiger charge is -2.52. The van der Waals surface area contributed by atoms with E-state index in [1.54, 1.807) is 31.3 Å². The molecule has 1 saturated carbocycles. The van der Waals surface area contributed by atoms with Gasteiger partial charge in [-0.15, -0.1) is 12.4 Å². The highest BCUT2D eigenvalue weighted by Gasteiger charge is 2.54. The number of carbonyl (C=O) groups excluding carboxylic acids is 3. The minimum Gasteiger partial charge on any atom is -0.494 e. The molecule has 1 aromatic rings. The summed E-state index contributed by atoms with van der Waals surface area (Å²) in [5.41, 5.74) is -1.05. The molecule has 3 N–H and O–H groups in total. The number of carbonyl (C=O) groups is 3. The number of ether oxygens (including phenoxy) is 1. The van der Waals surface area contributed by atoms with Gasteiger partial charge < -0.3 is 30.3 Å². The van der Waals surface area contributed by atoms with Crippen molar-refractivity contribution >= 4 is 30.1 Å². The Balaban J connectivity index is 0.00000441. The Morgan fingerprint density at radius 3 is 2.35 bits per heavy atom. The first-order valence-corrected chi connectivity index (χ1v) is 14.8. The van der Waals surface area contributed by atoms with Gasteiger partial charge in [-0.3, -0.25) is 14.4 Å². The summed E-state index contributed by atoms with van der Waals surface area (Å²) in [6.45, 7) is 5.60. The van der Waals surface area contributed by atoms with Crippen LogP contribution < -0.4 is 15.4 Å². The van der Waals surface area contributed by atoms with Gasteiger partial charge in [0.15, 0.2) is 0 Å². The Bertz CT molecular complexity index is 990. The predicted molar refractivity (Wildman–Crippen MR) is 157 cm³/mol. The molecule has 3 fully saturated rings. The van der Waals surface area contributed by atoms with E-state index in [1.807, 2.05) is 4.90 Å². The third-order valence-electron chi connectivity index (χ3n) is 8.83. The molecule has 0 unspecified atom stereocenters. The Labute approximate surface area is 244 Å². The van der Waals surface area contributed by atoms with Gasteiger partial charge >= 0.3 is 0 Å². The maximum atomic E-state index is 13.7. The smallest absolute Gasteiger partial charge is 0.251 e. The SMILES string of the molecule is CCCCN1C(=O)[C@@H](CC2(O)CCCCC2)NC(=O)C12CCN(CCCOc1ccc(C(=O)NC)cc1)CC2.Cl. The van der Waals surface area contributed by atoms with Gasteiger partial charge in [0, 0.05) is 45.2 Å². The molecule has 0 radical (unpaired) electrons. The fourth-order valence-corrected chi connectivity index (χ4v) is 6.42. The van der Waals surface area contributed by atoms with Crippen LogP contribution in [0.5, 0.6) is 5.75 Å². The quantitative estimate of drug-likeness (QED) is 0.348. The lowest BCUT2D eigenvalue weighted by Crippen LogP contribution is -2.73. The van der Waals surface area contributed by atoms with E-state index in [9.17, 15) is 19.5 Å². The van der Waals surface area contributed by atoms with Crippen molar-refractivity contribution in [3.63, 3.8) is 0 Å². The van der Waals surface area contributed by atoms with E-state index in [0.717, 1.165) is 63.9 Å². The Kier molecular flexibility index (Phi) is 11.7. The van der Waals surface area contributed by atoms with Crippen LogP contribution >= 0.6 is 12.4 Å². The van der Waals surface area contributed by atoms with Crippen molar-refractivity contribution in [1.82, 2.24) is 20.4 Å². The van der Waals surface area contributed by atoms with Crippen LogP contribution in [0.25, 0.3) is 0 Å². The van der Waals surface area contributed by atoms with E-state index >= 15 is 0 Å². The molecule has 4 rings (SSSR count). The van der Waals surface area contributed by atoms with Gasteiger partial charge in [-0.05, 0) is 62.8 Å². The monoisotopic (exact) mass is 578 g/mol. The van der Waals surface area contributed by atoms with Crippen LogP contribution in [0.1, 0.15) is 87.9 Å².